The second-order valence-corrected chi connectivity index (χ2v) is 6.08. The van der Waals surface area contributed by atoms with Crippen LogP contribution in [0.3, 0.4) is 0 Å². The fraction of sp³-hybridized carbons (Fsp3) is 0.0625. The largest absolute Gasteiger partial charge is 0.477 e. The number of hydrogen-bond donors (Lipinski definition) is 2. The Hall–Kier alpha value is -2.80. The summed E-state index contributed by atoms with van der Waals surface area (Å²) in [7, 11) is 0. The third kappa shape index (κ3) is 2.17. The molecule has 0 unspecified atom stereocenters. The molecule has 1 saturated heterocycles. The van der Waals surface area contributed by atoms with Crippen LogP contribution in [0.4, 0.5) is 0 Å². The molecule has 0 aliphatic carbocycles. The summed E-state index contributed by atoms with van der Waals surface area (Å²) in [6.07, 6.45) is 3.39. The zero-order valence-corrected chi connectivity index (χ0v) is 12.6. The SMILES string of the molecule is O=C(O)C1=CS[C@@H]2C(=Cc3cnc(-c4ccccc4)[nH]3)C(=O)N12. The first kappa shape index (κ1) is 13.8. The predicted molar refractivity (Wildman–Crippen MR) is 85.9 cm³/mol. The van der Waals surface area contributed by atoms with Gasteiger partial charge in [-0.15, -0.1) is 11.8 Å². The number of imidazole rings is 1. The number of aliphatic carboxylic acids is 1. The van der Waals surface area contributed by atoms with Crippen LogP contribution in [0.2, 0.25) is 0 Å². The van der Waals surface area contributed by atoms with Crippen molar-refractivity contribution in [3.63, 3.8) is 0 Å². The van der Waals surface area contributed by atoms with Crippen molar-refractivity contribution in [2.75, 3.05) is 0 Å². The number of H-pyrrole nitrogens is 1. The summed E-state index contributed by atoms with van der Waals surface area (Å²) < 4.78 is 0. The number of β-lactam (4-membered cyclic amide) rings is 1. The standard InChI is InChI=1S/C16H11N3O3S/c20-14-11(15-19(14)12(8-23-15)16(21)22)6-10-7-17-13(18-10)9-4-2-1-3-5-9/h1-8,15H,(H,17,18)(H,21,22)/t15-/m1/s1. The fourth-order valence-electron chi connectivity index (χ4n) is 2.59. The van der Waals surface area contributed by atoms with Gasteiger partial charge in [-0.05, 0) is 6.08 Å². The van der Waals surface area contributed by atoms with Crippen LogP contribution in [0.15, 0.2) is 53.2 Å². The van der Waals surface area contributed by atoms with E-state index in [0.29, 0.717) is 5.57 Å². The summed E-state index contributed by atoms with van der Waals surface area (Å²) in [5.74, 6) is -0.630. The Morgan fingerprint density at radius 2 is 2.13 bits per heavy atom. The van der Waals surface area contributed by atoms with E-state index in [1.54, 1.807) is 12.3 Å². The van der Waals surface area contributed by atoms with Gasteiger partial charge in [0.05, 0.1) is 17.5 Å². The predicted octanol–water partition coefficient (Wildman–Crippen LogP) is 2.30. The molecular weight excluding hydrogens is 314 g/mol. The van der Waals surface area contributed by atoms with Gasteiger partial charge in [-0.2, -0.15) is 0 Å². The smallest absolute Gasteiger partial charge is 0.353 e. The monoisotopic (exact) mass is 325 g/mol. The van der Waals surface area contributed by atoms with Gasteiger partial charge in [0.2, 0.25) is 0 Å². The van der Waals surface area contributed by atoms with Gasteiger partial charge in [0.1, 0.15) is 16.9 Å². The van der Waals surface area contributed by atoms with Gasteiger partial charge < -0.3 is 10.1 Å². The number of rotatable bonds is 3. The molecule has 4 rings (SSSR count). The zero-order valence-electron chi connectivity index (χ0n) is 11.8. The van der Waals surface area contributed by atoms with E-state index in [4.69, 9.17) is 5.11 Å². The number of carbonyl (C=O) groups excluding carboxylic acids is 1. The van der Waals surface area contributed by atoms with Gasteiger partial charge in [-0.25, -0.2) is 9.78 Å². The average molecular weight is 325 g/mol. The van der Waals surface area contributed by atoms with Gasteiger partial charge >= 0.3 is 5.97 Å². The number of carboxylic acids is 1. The summed E-state index contributed by atoms with van der Waals surface area (Å²) in [5, 5.41) is 10.3. The van der Waals surface area contributed by atoms with Crippen LogP contribution >= 0.6 is 11.8 Å². The quantitative estimate of drug-likeness (QED) is 0.668. The van der Waals surface area contributed by atoms with Crippen LogP contribution in [0.25, 0.3) is 17.5 Å². The number of aromatic amines is 1. The van der Waals surface area contributed by atoms with Crippen molar-refractivity contribution >= 4 is 29.7 Å². The summed E-state index contributed by atoms with van der Waals surface area (Å²) in [6.45, 7) is 0. The lowest BCUT2D eigenvalue weighted by Crippen LogP contribution is -2.51. The number of amides is 1. The maximum Gasteiger partial charge on any atom is 0.353 e. The Morgan fingerprint density at radius 3 is 2.87 bits per heavy atom. The minimum absolute atomic E-state index is 0.0386. The van der Waals surface area contributed by atoms with Crippen molar-refractivity contribution in [1.29, 1.82) is 0 Å². The maximum absolute atomic E-state index is 12.1. The second-order valence-electron chi connectivity index (χ2n) is 5.12. The zero-order chi connectivity index (χ0) is 16.0. The summed E-state index contributed by atoms with van der Waals surface area (Å²) in [5.41, 5.74) is 2.29. The van der Waals surface area contributed by atoms with E-state index in [-0.39, 0.29) is 17.0 Å². The molecule has 0 bridgehead atoms. The highest BCUT2D eigenvalue weighted by Gasteiger charge is 2.49. The van der Waals surface area contributed by atoms with Gasteiger partial charge in [0.15, 0.2) is 0 Å². The van der Waals surface area contributed by atoms with E-state index in [0.717, 1.165) is 17.1 Å². The van der Waals surface area contributed by atoms with E-state index in [2.05, 4.69) is 9.97 Å². The number of benzene rings is 1. The maximum atomic E-state index is 12.1. The number of thioether (sulfide) groups is 1. The Morgan fingerprint density at radius 1 is 1.35 bits per heavy atom. The third-order valence-corrected chi connectivity index (χ3v) is 4.79. The molecule has 114 valence electrons. The molecule has 1 fully saturated rings. The lowest BCUT2D eigenvalue weighted by Gasteiger charge is -2.37. The highest BCUT2D eigenvalue weighted by Crippen LogP contribution is 2.45. The first-order valence-electron chi connectivity index (χ1n) is 6.89. The van der Waals surface area contributed by atoms with Crippen molar-refractivity contribution in [3.05, 3.63) is 58.9 Å². The number of carbonyl (C=O) groups is 2. The molecule has 2 N–H and O–H groups in total. The molecule has 6 nitrogen and oxygen atoms in total. The molecule has 0 spiro atoms. The topological polar surface area (TPSA) is 86.3 Å². The number of hydrogen-bond acceptors (Lipinski definition) is 4. The lowest BCUT2D eigenvalue weighted by atomic mass is 10.0. The minimum Gasteiger partial charge on any atom is -0.477 e. The van der Waals surface area contributed by atoms with Crippen LogP contribution < -0.4 is 0 Å². The molecule has 2 aliphatic rings. The van der Waals surface area contributed by atoms with Crippen molar-refractivity contribution in [2.45, 2.75) is 5.37 Å². The van der Waals surface area contributed by atoms with Crippen LogP contribution in [0, 0.1) is 0 Å². The molecule has 1 amide bonds. The van der Waals surface area contributed by atoms with Crippen LogP contribution in [-0.4, -0.2) is 37.2 Å². The first-order valence-corrected chi connectivity index (χ1v) is 7.84. The van der Waals surface area contributed by atoms with Crippen LogP contribution in [0.1, 0.15) is 5.69 Å². The lowest BCUT2D eigenvalue weighted by molar-refractivity contribution is -0.141. The summed E-state index contributed by atoms with van der Waals surface area (Å²) in [4.78, 5) is 32.0. The minimum atomic E-state index is -1.08. The Bertz CT molecular complexity index is 870. The fourth-order valence-corrected chi connectivity index (χ4v) is 3.70. The molecule has 1 atom stereocenters. The van der Waals surface area contributed by atoms with E-state index < -0.39 is 5.97 Å². The molecule has 2 aliphatic heterocycles. The normalized spacial score (nSPS) is 21.1. The highest BCUT2D eigenvalue weighted by molar-refractivity contribution is 8.03. The van der Waals surface area contributed by atoms with E-state index in [1.807, 2.05) is 30.3 Å². The van der Waals surface area contributed by atoms with E-state index in [9.17, 15) is 9.59 Å². The van der Waals surface area contributed by atoms with Gasteiger partial charge in [0.25, 0.3) is 5.91 Å². The van der Waals surface area contributed by atoms with E-state index in [1.165, 1.54) is 22.1 Å². The van der Waals surface area contributed by atoms with Gasteiger partial charge in [-0.1, -0.05) is 30.3 Å². The van der Waals surface area contributed by atoms with E-state index >= 15 is 0 Å². The molecule has 1 aromatic carbocycles. The van der Waals surface area contributed by atoms with Crippen LogP contribution in [0.5, 0.6) is 0 Å². The molecule has 1 aromatic heterocycles. The number of fused-ring (bicyclic) bond motifs is 1. The van der Waals surface area contributed by atoms with Gasteiger partial charge in [-0.3, -0.25) is 9.69 Å². The Labute approximate surface area is 135 Å². The molecule has 23 heavy (non-hydrogen) atoms. The summed E-state index contributed by atoms with van der Waals surface area (Å²) in [6, 6.07) is 9.68. The highest BCUT2D eigenvalue weighted by atomic mass is 32.2. The first-order chi connectivity index (χ1) is 11.1. The molecule has 2 aromatic rings. The van der Waals surface area contributed by atoms with Crippen molar-refractivity contribution in [1.82, 2.24) is 14.9 Å². The molecule has 3 heterocycles. The number of aromatic nitrogens is 2. The molecule has 0 saturated carbocycles. The Balaban J connectivity index is 1.58. The number of carboxylic acid groups (broad SMARTS) is 1. The number of nitrogens with one attached hydrogen (secondary N) is 1. The molecule has 0 radical (unpaired) electrons. The molecule has 7 heteroatoms. The molecular formula is C16H11N3O3S. The third-order valence-electron chi connectivity index (χ3n) is 3.71. The van der Waals surface area contributed by atoms with Crippen molar-refractivity contribution in [2.24, 2.45) is 0 Å². The second kappa shape index (κ2) is 5.13. The van der Waals surface area contributed by atoms with Crippen molar-refractivity contribution in [3.8, 4) is 11.4 Å². The number of nitrogens with zero attached hydrogens (tertiary/aromatic N) is 2. The Kier molecular flexibility index (Phi) is 3.09. The average Bonchev–Trinajstić information content (AvgIpc) is 3.18. The van der Waals surface area contributed by atoms with Crippen LogP contribution in [-0.2, 0) is 9.59 Å². The summed E-state index contributed by atoms with van der Waals surface area (Å²) >= 11 is 1.32. The van der Waals surface area contributed by atoms with Crippen molar-refractivity contribution < 1.29 is 14.7 Å². The van der Waals surface area contributed by atoms with Gasteiger partial charge in [0, 0.05) is 11.0 Å².